The van der Waals surface area contributed by atoms with E-state index in [0.717, 1.165) is 22.9 Å². The van der Waals surface area contributed by atoms with Gasteiger partial charge in [0.25, 0.3) is 5.19 Å². The van der Waals surface area contributed by atoms with Gasteiger partial charge in [0.2, 0.25) is 0 Å². The molecule has 0 N–H and O–H groups in total. The molecule has 1 aliphatic carbocycles. The SMILES string of the molecule is c1ccc(-c2cnc(OC3C4CC5CC3CN(C5)C4)s2)cc1. The predicted molar refractivity (Wildman–Crippen MR) is 88.1 cm³/mol. The lowest BCUT2D eigenvalue weighted by atomic mass is 9.66. The van der Waals surface area contributed by atoms with Crippen molar-refractivity contribution in [3.63, 3.8) is 0 Å². The van der Waals surface area contributed by atoms with Crippen molar-refractivity contribution in [2.75, 3.05) is 19.6 Å². The van der Waals surface area contributed by atoms with Gasteiger partial charge in [-0.25, -0.2) is 4.98 Å². The highest BCUT2D eigenvalue weighted by Gasteiger charge is 2.48. The highest BCUT2D eigenvalue weighted by atomic mass is 32.1. The smallest absolute Gasteiger partial charge is 0.273 e. The van der Waals surface area contributed by atoms with Gasteiger partial charge in [-0.15, -0.1) is 0 Å². The summed E-state index contributed by atoms with van der Waals surface area (Å²) in [6, 6.07) is 10.5. The first-order valence-corrected chi connectivity index (χ1v) is 9.07. The van der Waals surface area contributed by atoms with Crippen molar-refractivity contribution in [1.82, 2.24) is 9.88 Å². The molecule has 4 aliphatic rings. The largest absolute Gasteiger partial charge is 0.466 e. The molecule has 2 unspecified atom stereocenters. The van der Waals surface area contributed by atoms with Gasteiger partial charge in [-0.3, -0.25) is 0 Å². The van der Waals surface area contributed by atoms with Crippen molar-refractivity contribution >= 4 is 11.3 Å². The van der Waals surface area contributed by atoms with Gasteiger partial charge < -0.3 is 9.64 Å². The van der Waals surface area contributed by atoms with Crippen LogP contribution in [0.1, 0.15) is 12.8 Å². The zero-order valence-corrected chi connectivity index (χ0v) is 13.3. The van der Waals surface area contributed by atoms with Gasteiger partial charge in [-0.05, 0) is 24.3 Å². The zero-order valence-electron chi connectivity index (χ0n) is 12.5. The van der Waals surface area contributed by atoms with Gasteiger partial charge in [0.1, 0.15) is 6.10 Å². The Hall–Kier alpha value is -1.39. The van der Waals surface area contributed by atoms with Crippen molar-refractivity contribution in [3.8, 4) is 15.6 Å². The van der Waals surface area contributed by atoms with Gasteiger partial charge in [0.15, 0.2) is 0 Å². The fraction of sp³-hybridized carbons (Fsp3) is 0.500. The summed E-state index contributed by atoms with van der Waals surface area (Å²) in [6.45, 7) is 3.79. The van der Waals surface area contributed by atoms with Crippen LogP contribution in [0.3, 0.4) is 0 Å². The molecule has 0 radical (unpaired) electrons. The quantitative estimate of drug-likeness (QED) is 0.867. The molecule has 3 aliphatic heterocycles. The predicted octanol–water partition coefficient (Wildman–Crippen LogP) is 3.53. The fourth-order valence-corrected chi connectivity index (χ4v) is 5.53. The van der Waals surface area contributed by atoms with Crippen LogP contribution in [-0.4, -0.2) is 35.6 Å². The molecule has 6 rings (SSSR count). The first-order valence-electron chi connectivity index (χ1n) is 8.25. The van der Waals surface area contributed by atoms with Crippen molar-refractivity contribution in [2.24, 2.45) is 17.8 Å². The molecule has 4 fully saturated rings. The number of rotatable bonds is 3. The number of thiazole rings is 1. The van der Waals surface area contributed by atoms with Crippen molar-refractivity contribution in [1.29, 1.82) is 0 Å². The number of aromatic nitrogens is 1. The van der Waals surface area contributed by atoms with Crippen LogP contribution in [0.4, 0.5) is 0 Å². The Balaban J connectivity index is 1.35. The summed E-state index contributed by atoms with van der Waals surface area (Å²) < 4.78 is 6.37. The van der Waals surface area contributed by atoms with E-state index in [1.807, 2.05) is 12.3 Å². The zero-order chi connectivity index (χ0) is 14.5. The number of piperidine rings is 3. The third-order valence-electron chi connectivity index (χ3n) is 5.48. The van der Waals surface area contributed by atoms with E-state index in [4.69, 9.17) is 4.74 Å². The lowest BCUT2D eigenvalue weighted by Crippen LogP contribution is -2.61. The second-order valence-corrected chi connectivity index (χ2v) is 8.01. The molecule has 114 valence electrons. The van der Waals surface area contributed by atoms with Crippen LogP contribution in [-0.2, 0) is 0 Å². The average Bonchev–Trinajstić information content (AvgIpc) is 3.00. The normalized spacial score (nSPS) is 35.7. The van der Waals surface area contributed by atoms with E-state index in [9.17, 15) is 0 Å². The van der Waals surface area contributed by atoms with Crippen LogP contribution in [0.2, 0.25) is 0 Å². The van der Waals surface area contributed by atoms with E-state index in [0.29, 0.717) is 6.10 Å². The van der Waals surface area contributed by atoms with E-state index < -0.39 is 0 Å². The third kappa shape index (κ3) is 2.17. The Morgan fingerprint density at radius 2 is 1.82 bits per heavy atom. The molecule has 4 heteroatoms. The van der Waals surface area contributed by atoms with Crippen LogP contribution < -0.4 is 4.74 Å². The summed E-state index contributed by atoms with van der Waals surface area (Å²) in [4.78, 5) is 8.37. The average molecular weight is 312 g/mol. The van der Waals surface area contributed by atoms with Crippen LogP contribution in [0.25, 0.3) is 10.4 Å². The van der Waals surface area contributed by atoms with Gasteiger partial charge in [0.05, 0.1) is 4.88 Å². The molecule has 0 amide bonds. The molecular weight excluding hydrogens is 292 g/mol. The van der Waals surface area contributed by atoms with Crippen LogP contribution in [0.5, 0.6) is 5.19 Å². The third-order valence-corrected chi connectivity index (χ3v) is 6.42. The minimum Gasteiger partial charge on any atom is -0.466 e. The number of ether oxygens (including phenoxy) is 1. The van der Waals surface area contributed by atoms with Crippen molar-refractivity contribution < 1.29 is 4.74 Å². The van der Waals surface area contributed by atoms with Crippen LogP contribution in [0, 0.1) is 17.8 Å². The van der Waals surface area contributed by atoms with Crippen molar-refractivity contribution in [2.45, 2.75) is 18.9 Å². The first kappa shape index (κ1) is 13.1. The number of hydrogen-bond donors (Lipinski definition) is 0. The monoisotopic (exact) mass is 312 g/mol. The highest BCUT2D eigenvalue weighted by Crippen LogP contribution is 2.45. The Kier molecular flexibility index (Phi) is 3.01. The summed E-state index contributed by atoms with van der Waals surface area (Å²) in [5.74, 6) is 2.36. The molecular formula is C18H20N2OS. The highest BCUT2D eigenvalue weighted by molar-refractivity contribution is 7.16. The minimum atomic E-state index is 0.391. The van der Waals surface area contributed by atoms with Gasteiger partial charge in [0, 0.05) is 37.7 Å². The second kappa shape index (κ2) is 5.07. The van der Waals surface area contributed by atoms with Gasteiger partial charge in [-0.1, -0.05) is 41.7 Å². The molecule has 2 atom stereocenters. The molecule has 1 aromatic heterocycles. The molecule has 1 aromatic carbocycles. The van der Waals surface area contributed by atoms with E-state index >= 15 is 0 Å². The lowest BCUT2D eigenvalue weighted by molar-refractivity contribution is -0.0985. The number of nitrogens with zero attached hydrogens (tertiary/aromatic N) is 2. The summed E-state index contributed by atoms with van der Waals surface area (Å²) in [7, 11) is 0. The summed E-state index contributed by atoms with van der Waals surface area (Å²) >= 11 is 1.68. The van der Waals surface area contributed by atoms with Gasteiger partial charge in [-0.2, -0.15) is 0 Å². The lowest BCUT2D eigenvalue weighted by Gasteiger charge is -2.55. The maximum atomic E-state index is 6.37. The Labute approximate surface area is 134 Å². The second-order valence-electron chi connectivity index (χ2n) is 7.02. The van der Waals surface area contributed by atoms with Crippen LogP contribution in [0.15, 0.2) is 36.5 Å². The minimum absolute atomic E-state index is 0.391. The van der Waals surface area contributed by atoms with E-state index in [2.05, 4.69) is 34.1 Å². The molecule has 4 bridgehead atoms. The summed E-state index contributed by atoms with van der Waals surface area (Å²) in [5, 5.41) is 0.853. The molecule has 1 saturated carbocycles. The molecule has 3 nitrogen and oxygen atoms in total. The fourth-order valence-electron chi connectivity index (χ4n) is 4.72. The van der Waals surface area contributed by atoms with Crippen LogP contribution >= 0.6 is 11.3 Å². The van der Waals surface area contributed by atoms with E-state index in [1.54, 1.807) is 11.3 Å². The summed E-state index contributed by atoms with van der Waals surface area (Å²) in [6.07, 6.45) is 5.06. The molecule has 0 spiro atoms. The molecule has 2 aromatic rings. The number of hydrogen-bond acceptors (Lipinski definition) is 4. The molecule has 3 saturated heterocycles. The number of benzene rings is 1. The van der Waals surface area contributed by atoms with Crippen molar-refractivity contribution in [3.05, 3.63) is 36.5 Å². The Morgan fingerprint density at radius 3 is 2.55 bits per heavy atom. The summed E-state index contributed by atoms with van der Waals surface area (Å²) in [5.41, 5.74) is 1.23. The topological polar surface area (TPSA) is 25.4 Å². The Morgan fingerprint density at radius 1 is 1.05 bits per heavy atom. The maximum Gasteiger partial charge on any atom is 0.273 e. The molecule has 4 heterocycles. The molecule has 22 heavy (non-hydrogen) atoms. The first-order chi connectivity index (χ1) is 10.8. The van der Waals surface area contributed by atoms with E-state index in [1.165, 1.54) is 42.9 Å². The maximum absolute atomic E-state index is 6.37. The Bertz CT molecular complexity index is 641. The van der Waals surface area contributed by atoms with E-state index in [-0.39, 0.29) is 0 Å². The standard InChI is InChI=1S/C18H20N2OS/c1-2-4-13(5-3-1)16-8-19-18(22-16)21-17-14-6-12-7-15(17)11-20(9-12)10-14/h1-5,8,12,14-15,17H,6-7,9-11H2. The van der Waals surface area contributed by atoms with Gasteiger partial charge >= 0.3 is 0 Å².